The van der Waals surface area contributed by atoms with Crippen molar-refractivity contribution in [3.8, 4) is 0 Å². The van der Waals surface area contributed by atoms with Crippen LogP contribution < -0.4 is 5.56 Å². The maximum absolute atomic E-state index is 13.0. The quantitative estimate of drug-likeness (QED) is 0.756. The van der Waals surface area contributed by atoms with Crippen LogP contribution in [0.5, 0.6) is 0 Å². The molecule has 1 saturated heterocycles. The number of aromatic amines is 1. The largest absolute Gasteiger partial charge is 0.376 e. The second kappa shape index (κ2) is 7.72. The predicted octanol–water partition coefficient (Wildman–Crippen LogP) is 2.74. The first-order chi connectivity index (χ1) is 13.2. The van der Waals surface area contributed by atoms with Crippen molar-refractivity contribution in [2.75, 3.05) is 13.2 Å². The van der Waals surface area contributed by atoms with Gasteiger partial charge in [-0.25, -0.2) is 0 Å². The van der Waals surface area contributed by atoms with Crippen molar-refractivity contribution in [2.45, 2.75) is 25.5 Å². The molecule has 1 aliphatic rings. The zero-order valence-corrected chi connectivity index (χ0v) is 14.9. The van der Waals surface area contributed by atoms with Crippen molar-refractivity contribution in [3.63, 3.8) is 0 Å². The van der Waals surface area contributed by atoms with Crippen molar-refractivity contribution in [1.29, 1.82) is 0 Å². The van der Waals surface area contributed by atoms with Crippen LogP contribution in [0, 0.1) is 0 Å². The maximum Gasteiger partial charge on any atom is 0.272 e. The lowest BCUT2D eigenvalue weighted by atomic mass is 10.1. The van der Waals surface area contributed by atoms with E-state index < -0.39 is 0 Å². The minimum Gasteiger partial charge on any atom is -0.376 e. The molecule has 0 bridgehead atoms. The van der Waals surface area contributed by atoms with Crippen LogP contribution in [0.4, 0.5) is 0 Å². The SMILES string of the molecule is O=C(c1ccccn1)N(Cc1cc2ccccc2[nH]c1=O)C[C@H]1CCCO1. The van der Waals surface area contributed by atoms with Crippen LogP contribution in [0.3, 0.4) is 0 Å². The van der Waals surface area contributed by atoms with Gasteiger partial charge < -0.3 is 14.6 Å². The topological polar surface area (TPSA) is 75.3 Å². The average molecular weight is 363 g/mol. The van der Waals surface area contributed by atoms with Crippen LogP contribution in [0.1, 0.15) is 28.9 Å². The standard InChI is InChI=1S/C21H21N3O3/c25-20-16(12-15-6-1-2-8-18(15)23-20)13-24(14-17-7-5-11-27-17)21(26)19-9-3-4-10-22-19/h1-4,6,8-10,12,17H,5,7,11,13-14H2,(H,23,25)/t17-/m1/s1. The molecule has 1 N–H and O–H groups in total. The smallest absolute Gasteiger partial charge is 0.272 e. The third-order valence-corrected chi connectivity index (χ3v) is 4.81. The molecule has 6 heteroatoms. The molecule has 0 unspecified atom stereocenters. The highest BCUT2D eigenvalue weighted by atomic mass is 16.5. The zero-order chi connectivity index (χ0) is 18.6. The Bertz CT molecular complexity index is 994. The Balaban J connectivity index is 1.65. The minimum absolute atomic E-state index is 0.00259. The van der Waals surface area contributed by atoms with E-state index in [0.29, 0.717) is 24.4 Å². The molecule has 1 fully saturated rings. The summed E-state index contributed by atoms with van der Waals surface area (Å²) in [5, 5.41) is 0.939. The van der Waals surface area contributed by atoms with Crippen molar-refractivity contribution >= 4 is 16.8 Å². The summed E-state index contributed by atoms with van der Waals surface area (Å²) in [5.41, 5.74) is 1.52. The minimum atomic E-state index is -0.196. The van der Waals surface area contributed by atoms with E-state index in [0.717, 1.165) is 23.7 Å². The van der Waals surface area contributed by atoms with Gasteiger partial charge >= 0.3 is 0 Å². The van der Waals surface area contributed by atoms with Gasteiger partial charge in [0.1, 0.15) is 5.69 Å². The summed E-state index contributed by atoms with van der Waals surface area (Å²) >= 11 is 0. The fourth-order valence-electron chi connectivity index (χ4n) is 3.42. The molecule has 4 rings (SSSR count). The van der Waals surface area contributed by atoms with E-state index >= 15 is 0 Å². The van der Waals surface area contributed by atoms with Crippen molar-refractivity contribution < 1.29 is 9.53 Å². The first-order valence-corrected chi connectivity index (χ1v) is 9.13. The van der Waals surface area contributed by atoms with Gasteiger partial charge in [-0.05, 0) is 42.5 Å². The van der Waals surface area contributed by atoms with E-state index in [1.54, 1.807) is 29.3 Å². The highest BCUT2D eigenvalue weighted by molar-refractivity contribution is 5.92. The summed E-state index contributed by atoms with van der Waals surface area (Å²) in [6.07, 6.45) is 3.50. The Hall–Kier alpha value is -2.99. The second-order valence-electron chi connectivity index (χ2n) is 6.75. The van der Waals surface area contributed by atoms with Gasteiger partial charge in [0.25, 0.3) is 11.5 Å². The third kappa shape index (κ3) is 3.90. The zero-order valence-electron chi connectivity index (χ0n) is 14.9. The summed E-state index contributed by atoms with van der Waals surface area (Å²) in [4.78, 5) is 34.3. The number of amides is 1. The molecule has 2 aromatic heterocycles. The number of H-pyrrole nitrogens is 1. The summed E-state index contributed by atoms with van der Waals surface area (Å²) in [7, 11) is 0. The molecule has 6 nitrogen and oxygen atoms in total. The van der Waals surface area contributed by atoms with Crippen LogP contribution in [0.15, 0.2) is 59.5 Å². The Morgan fingerprint density at radius 3 is 2.85 bits per heavy atom. The van der Waals surface area contributed by atoms with Gasteiger partial charge in [0, 0.05) is 30.4 Å². The molecule has 3 aromatic rings. The first kappa shape index (κ1) is 17.4. The van der Waals surface area contributed by atoms with E-state index in [1.807, 2.05) is 30.3 Å². The molecule has 27 heavy (non-hydrogen) atoms. The van der Waals surface area contributed by atoms with Gasteiger partial charge in [-0.2, -0.15) is 0 Å². The lowest BCUT2D eigenvalue weighted by molar-refractivity contribution is 0.0502. The first-order valence-electron chi connectivity index (χ1n) is 9.13. The summed E-state index contributed by atoms with van der Waals surface area (Å²) in [6, 6.07) is 14.7. The number of pyridine rings is 2. The number of hydrogen-bond acceptors (Lipinski definition) is 4. The Morgan fingerprint density at radius 1 is 1.22 bits per heavy atom. The molecular formula is C21H21N3O3. The number of hydrogen-bond donors (Lipinski definition) is 1. The van der Waals surface area contributed by atoms with E-state index in [2.05, 4.69) is 9.97 Å². The molecule has 1 amide bonds. The highest BCUT2D eigenvalue weighted by Crippen LogP contribution is 2.17. The molecule has 0 spiro atoms. The lowest BCUT2D eigenvalue weighted by Crippen LogP contribution is -2.38. The number of nitrogens with zero attached hydrogens (tertiary/aromatic N) is 2. The number of ether oxygens (including phenoxy) is 1. The fraction of sp³-hybridized carbons (Fsp3) is 0.286. The van der Waals surface area contributed by atoms with Crippen LogP contribution in [-0.2, 0) is 11.3 Å². The van der Waals surface area contributed by atoms with Crippen LogP contribution in [0.2, 0.25) is 0 Å². The number of aromatic nitrogens is 2. The van der Waals surface area contributed by atoms with E-state index in [9.17, 15) is 9.59 Å². The van der Waals surface area contributed by atoms with Crippen LogP contribution >= 0.6 is 0 Å². The van der Waals surface area contributed by atoms with E-state index in [4.69, 9.17) is 4.74 Å². The molecule has 138 valence electrons. The lowest BCUT2D eigenvalue weighted by Gasteiger charge is -2.25. The normalized spacial score (nSPS) is 16.5. The monoisotopic (exact) mass is 363 g/mol. The molecule has 1 atom stereocenters. The third-order valence-electron chi connectivity index (χ3n) is 4.81. The van der Waals surface area contributed by atoms with Gasteiger partial charge in [-0.1, -0.05) is 24.3 Å². The number of carbonyl (C=O) groups excluding carboxylic acids is 1. The van der Waals surface area contributed by atoms with Crippen molar-refractivity contribution in [3.05, 3.63) is 76.3 Å². The molecule has 0 saturated carbocycles. The van der Waals surface area contributed by atoms with Gasteiger partial charge in [0.05, 0.1) is 12.6 Å². The molecule has 3 heterocycles. The van der Waals surface area contributed by atoms with Gasteiger partial charge in [0.2, 0.25) is 0 Å². The molecule has 0 radical (unpaired) electrons. The van der Waals surface area contributed by atoms with Crippen molar-refractivity contribution in [2.24, 2.45) is 0 Å². The fourth-order valence-corrected chi connectivity index (χ4v) is 3.42. The molecule has 1 aliphatic heterocycles. The number of carbonyl (C=O) groups is 1. The average Bonchev–Trinajstić information content (AvgIpc) is 3.21. The molecule has 1 aromatic carbocycles. The van der Waals surface area contributed by atoms with Crippen molar-refractivity contribution in [1.82, 2.24) is 14.9 Å². The van der Waals surface area contributed by atoms with E-state index in [1.165, 1.54) is 0 Å². The number of benzene rings is 1. The van der Waals surface area contributed by atoms with Gasteiger partial charge in [0.15, 0.2) is 0 Å². The summed E-state index contributed by atoms with van der Waals surface area (Å²) < 4.78 is 5.71. The Kier molecular flexibility index (Phi) is 4.98. The number of fused-ring (bicyclic) bond motifs is 1. The molecular weight excluding hydrogens is 342 g/mol. The van der Waals surface area contributed by atoms with E-state index in [-0.39, 0.29) is 24.1 Å². The number of rotatable bonds is 5. The number of nitrogens with one attached hydrogen (secondary N) is 1. The summed E-state index contributed by atoms with van der Waals surface area (Å²) in [6.45, 7) is 1.38. The maximum atomic E-state index is 13.0. The summed E-state index contributed by atoms with van der Waals surface area (Å²) in [5.74, 6) is -0.196. The Labute approximate surface area is 156 Å². The van der Waals surface area contributed by atoms with Gasteiger partial charge in [-0.15, -0.1) is 0 Å². The molecule has 0 aliphatic carbocycles. The second-order valence-corrected chi connectivity index (χ2v) is 6.75. The Morgan fingerprint density at radius 2 is 2.07 bits per heavy atom. The van der Waals surface area contributed by atoms with Crippen LogP contribution in [0.25, 0.3) is 10.9 Å². The van der Waals surface area contributed by atoms with Crippen LogP contribution in [-0.4, -0.2) is 40.0 Å². The predicted molar refractivity (Wildman–Crippen MR) is 103 cm³/mol. The van der Waals surface area contributed by atoms with Gasteiger partial charge in [-0.3, -0.25) is 14.6 Å². The number of para-hydroxylation sites is 1. The highest BCUT2D eigenvalue weighted by Gasteiger charge is 2.25.